The maximum absolute atomic E-state index is 12.5. The molecule has 0 aliphatic carbocycles. The molecule has 0 saturated heterocycles. The lowest BCUT2D eigenvalue weighted by Crippen LogP contribution is -2.14. The zero-order chi connectivity index (χ0) is 19.9. The molecule has 3 aromatic rings. The first-order valence-electron chi connectivity index (χ1n) is 8.49. The van der Waals surface area contributed by atoms with Gasteiger partial charge in [0.2, 0.25) is 0 Å². The molecule has 0 aliphatic heterocycles. The summed E-state index contributed by atoms with van der Waals surface area (Å²) in [5.41, 5.74) is 2.78. The lowest BCUT2D eigenvalue weighted by Gasteiger charge is -2.13. The molecule has 28 heavy (non-hydrogen) atoms. The van der Waals surface area contributed by atoms with E-state index in [0.29, 0.717) is 33.5 Å². The number of anilines is 1. The normalized spacial score (nSPS) is 10.2. The fourth-order valence-corrected chi connectivity index (χ4v) is 3.13. The van der Waals surface area contributed by atoms with Gasteiger partial charge >= 0.3 is 0 Å². The van der Waals surface area contributed by atoms with E-state index < -0.39 is 0 Å². The molecule has 1 N–H and O–H groups in total. The van der Waals surface area contributed by atoms with Crippen molar-refractivity contribution in [1.82, 2.24) is 0 Å². The zero-order valence-corrected chi connectivity index (χ0v) is 16.3. The number of amides is 1. The first-order valence-corrected chi connectivity index (χ1v) is 9.25. The minimum absolute atomic E-state index is 0.282. The van der Waals surface area contributed by atoms with Crippen LogP contribution in [0.15, 0.2) is 66.7 Å². The molecular weight excluding hydrogens is 395 g/mol. The molecule has 0 fully saturated rings. The molecule has 0 aromatic heterocycles. The number of halogens is 2. The highest BCUT2D eigenvalue weighted by Crippen LogP contribution is 2.22. The Bertz CT molecular complexity index is 1010. The lowest BCUT2D eigenvalue weighted by atomic mass is 10.1. The van der Waals surface area contributed by atoms with Crippen LogP contribution in [0.2, 0.25) is 10.0 Å². The predicted octanol–water partition coefficient (Wildman–Crippen LogP) is 5.89. The summed E-state index contributed by atoms with van der Waals surface area (Å²) in [6.45, 7) is 0.282. The monoisotopic (exact) mass is 410 g/mol. The van der Waals surface area contributed by atoms with E-state index in [9.17, 15) is 4.79 Å². The van der Waals surface area contributed by atoms with Crippen LogP contribution < -0.4 is 10.1 Å². The first kappa shape index (κ1) is 19.8. The Hall–Kier alpha value is -3.00. The summed E-state index contributed by atoms with van der Waals surface area (Å²) < 4.78 is 5.81. The molecule has 0 spiro atoms. The number of para-hydroxylation sites is 1. The number of ether oxygens (including phenoxy) is 1. The van der Waals surface area contributed by atoms with Crippen LogP contribution in [0.4, 0.5) is 5.69 Å². The van der Waals surface area contributed by atoms with Crippen molar-refractivity contribution in [2.24, 2.45) is 0 Å². The Balaban J connectivity index is 1.70. The standard InChI is InChI=1S/C22H16Cl2N2O2/c23-18-11-17(12-19(24)13-18)22(27)26-21-4-2-1-3-16(21)14-28-20-7-5-15(6-8-20)9-10-25/h1-8,11-13H,9,14H2,(H,26,27). The van der Waals surface area contributed by atoms with Gasteiger partial charge < -0.3 is 10.1 Å². The van der Waals surface area contributed by atoms with Gasteiger partial charge in [-0.1, -0.05) is 53.5 Å². The van der Waals surface area contributed by atoms with Gasteiger partial charge in [0.05, 0.1) is 12.5 Å². The van der Waals surface area contributed by atoms with Gasteiger partial charge in [-0.05, 0) is 42.0 Å². The quantitative estimate of drug-likeness (QED) is 0.550. The van der Waals surface area contributed by atoms with E-state index >= 15 is 0 Å². The molecule has 0 saturated carbocycles. The van der Waals surface area contributed by atoms with Gasteiger partial charge in [-0.15, -0.1) is 0 Å². The van der Waals surface area contributed by atoms with Gasteiger partial charge in [0.25, 0.3) is 5.91 Å². The van der Waals surface area contributed by atoms with Gasteiger partial charge in [0, 0.05) is 26.9 Å². The second kappa shape index (κ2) is 9.27. The third-order valence-electron chi connectivity index (χ3n) is 3.99. The van der Waals surface area contributed by atoms with E-state index in [4.69, 9.17) is 33.2 Å². The van der Waals surface area contributed by atoms with Crippen molar-refractivity contribution >= 4 is 34.8 Å². The number of nitrogens with one attached hydrogen (secondary N) is 1. The van der Waals surface area contributed by atoms with E-state index in [0.717, 1.165) is 11.1 Å². The number of hydrogen-bond acceptors (Lipinski definition) is 3. The van der Waals surface area contributed by atoms with Gasteiger partial charge in [-0.3, -0.25) is 4.79 Å². The van der Waals surface area contributed by atoms with Crippen LogP contribution in [-0.2, 0) is 13.0 Å². The summed E-state index contributed by atoms with van der Waals surface area (Å²) >= 11 is 11.9. The van der Waals surface area contributed by atoms with E-state index in [1.807, 2.05) is 42.5 Å². The Labute approximate surface area is 173 Å². The highest BCUT2D eigenvalue weighted by atomic mass is 35.5. The second-order valence-electron chi connectivity index (χ2n) is 6.04. The van der Waals surface area contributed by atoms with Gasteiger partial charge in [-0.2, -0.15) is 5.26 Å². The molecule has 140 valence electrons. The van der Waals surface area contributed by atoms with Crippen LogP contribution >= 0.6 is 23.2 Å². The second-order valence-corrected chi connectivity index (χ2v) is 6.91. The van der Waals surface area contributed by atoms with Crippen LogP contribution in [0.3, 0.4) is 0 Å². The van der Waals surface area contributed by atoms with Crippen molar-refractivity contribution in [3.63, 3.8) is 0 Å². The first-order chi connectivity index (χ1) is 13.5. The van der Waals surface area contributed by atoms with Crippen molar-refractivity contribution in [3.05, 3.63) is 93.5 Å². The van der Waals surface area contributed by atoms with Crippen molar-refractivity contribution in [2.75, 3.05) is 5.32 Å². The molecular formula is C22H16Cl2N2O2. The maximum atomic E-state index is 12.5. The molecule has 0 unspecified atom stereocenters. The van der Waals surface area contributed by atoms with Crippen LogP contribution in [-0.4, -0.2) is 5.91 Å². The van der Waals surface area contributed by atoms with E-state index in [1.165, 1.54) is 0 Å². The summed E-state index contributed by atoms with van der Waals surface area (Å²) in [6.07, 6.45) is 0.364. The van der Waals surface area contributed by atoms with Crippen LogP contribution in [0.5, 0.6) is 5.75 Å². The summed E-state index contributed by atoms with van der Waals surface area (Å²) in [5.74, 6) is 0.377. The van der Waals surface area contributed by atoms with Crippen molar-refractivity contribution in [1.29, 1.82) is 5.26 Å². The molecule has 0 aliphatic rings. The Morgan fingerprint density at radius 3 is 2.36 bits per heavy atom. The van der Waals surface area contributed by atoms with Gasteiger partial charge in [0.15, 0.2) is 0 Å². The highest BCUT2D eigenvalue weighted by molar-refractivity contribution is 6.35. The average Bonchev–Trinajstić information content (AvgIpc) is 2.68. The number of carbonyl (C=O) groups is 1. The number of hydrogen-bond donors (Lipinski definition) is 1. The summed E-state index contributed by atoms with van der Waals surface area (Å²) in [7, 11) is 0. The molecule has 0 radical (unpaired) electrons. The van der Waals surface area contributed by atoms with Crippen LogP contribution in [0.1, 0.15) is 21.5 Å². The SMILES string of the molecule is N#CCc1ccc(OCc2ccccc2NC(=O)c2cc(Cl)cc(Cl)c2)cc1. The third kappa shape index (κ3) is 5.26. The fourth-order valence-electron chi connectivity index (χ4n) is 2.60. The number of carbonyl (C=O) groups excluding carboxylic acids is 1. The minimum Gasteiger partial charge on any atom is -0.489 e. The van der Waals surface area contributed by atoms with E-state index in [-0.39, 0.29) is 12.5 Å². The Kier molecular flexibility index (Phi) is 6.54. The number of nitrogens with zero attached hydrogens (tertiary/aromatic N) is 1. The van der Waals surface area contributed by atoms with E-state index in [2.05, 4.69) is 11.4 Å². The van der Waals surface area contributed by atoms with Gasteiger partial charge in [0.1, 0.15) is 12.4 Å². The number of rotatable bonds is 6. The molecule has 6 heteroatoms. The minimum atomic E-state index is -0.308. The molecule has 4 nitrogen and oxygen atoms in total. The molecule has 0 bridgehead atoms. The third-order valence-corrected chi connectivity index (χ3v) is 4.43. The van der Waals surface area contributed by atoms with Crippen LogP contribution in [0, 0.1) is 11.3 Å². The smallest absolute Gasteiger partial charge is 0.255 e. The van der Waals surface area contributed by atoms with Gasteiger partial charge in [-0.25, -0.2) is 0 Å². The molecule has 1 amide bonds. The maximum Gasteiger partial charge on any atom is 0.255 e. The summed E-state index contributed by atoms with van der Waals surface area (Å²) in [6, 6.07) is 21.6. The zero-order valence-electron chi connectivity index (χ0n) is 14.8. The molecule has 3 aromatic carbocycles. The number of nitriles is 1. The highest BCUT2D eigenvalue weighted by Gasteiger charge is 2.11. The largest absolute Gasteiger partial charge is 0.489 e. The average molecular weight is 411 g/mol. The molecule has 0 atom stereocenters. The summed E-state index contributed by atoms with van der Waals surface area (Å²) in [5, 5.41) is 12.4. The Morgan fingerprint density at radius 2 is 1.68 bits per heavy atom. The molecule has 0 heterocycles. The van der Waals surface area contributed by atoms with E-state index in [1.54, 1.807) is 24.3 Å². The lowest BCUT2D eigenvalue weighted by molar-refractivity contribution is 0.102. The van der Waals surface area contributed by atoms with Crippen molar-refractivity contribution in [3.8, 4) is 11.8 Å². The topological polar surface area (TPSA) is 62.1 Å². The summed E-state index contributed by atoms with van der Waals surface area (Å²) in [4.78, 5) is 12.5. The van der Waals surface area contributed by atoms with Crippen molar-refractivity contribution in [2.45, 2.75) is 13.0 Å². The fraction of sp³-hybridized carbons (Fsp3) is 0.0909. The van der Waals surface area contributed by atoms with Crippen molar-refractivity contribution < 1.29 is 9.53 Å². The predicted molar refractivity (Wildman–Crippen MR) is 111 cm³/mol. The number of benzene rings is 3. The van der Waals surface area contributed by atoms with Crippen LogP contribution in [0.25, 0.3) is 0 Å². The molecule has 3 rings (SSSR count). The Morgan fingerprint density at radius 1 is 1.00 bits per heavy atom.